The summed E-state index contributed by atoms with van der Waals surface area (Å²) in [6.07, 6.45) is -0.255. The van der Waals surface area contributed by atoms with Crippen molar-refractivity contribution < 1.29 is 0 Å². The Kier molecular flexibility index (Phi) is 3.39. The fraction of sp³-hybridized carbons (Fsp3) is 0.333. The normalized spacial score (nSPS) is 13.3. The Morgan fingerprint density at radius 2 is 2.15 bits per heavy atom. The Hall–Kier alpha value is -0.940. The summed E-state index contributed by atoms with van der Waals surface area (Å²) in [5.74, 6) is 5.41. The average molecular weight is 180 g/mol. The molecule has 5 N–H and O–H groups in total. The molecule has 1 rings (SSSR count). The minimum absolute atomic E-state index is 0.255. The maximum absolute atomic E-state index is 5.83. The van der Waals surface area contributed by atoms with Gasteiger partial charge in [0.05, 0.1) is 6.17 Å². The van der Waals surface area contributed by atoms with E-state index in [1.54, 1.807) is 7.05 Å². The van der Waals surface area contributed by atoms with Crippen molar-refractivity contribution in [3.05, 3.63) is 35.4 Å². The Morgan fingerprint density at radius 1 is 1.46 bits per heavy atom. The molecule has 0 aliphatic heterocycles. The summed E-state index contributed by atoms with van der Waals surface area (Å²) in [5, 5.41) is 1.35. The number of benzene rings is 1. The molecule has 4 heteroatoms. The van der Waals surface area contributed by atoms with Crippen LogP contribution in [0.25, 0.3) is 0 Å². The van der Waals surface area contributed by atoms with Crippen LogP contribution >= 0.6 is 0 Å². The molecule has 1 atom stereocenters. The lowest BCUT2D eigenvalue weighted by Gasteiger charge is -2.19. The van der Waals surface area contributed by atoms with Gasteiger partial charge in [0.1, 0.15) is 0 Å². The first-order chi connectivity index (χ1) is 6.09. The van der Waals surface area contributed by atoms with Gasteiger partial charge in [0, 0.05) is 7.05 Å². The van der Waals surface area contributed by atoms with Gasteiger partial charge in [0.2, 0.25) is 0 Å². The molecule has 0 saturated heterocycles. The largest absolute Gasteiger partial charge is 0.311 e. The van der Waals surface area contributed by atoms with E-state index in [0.29, 0.717) is 0 Å². The Labute approximate surface area is 78.5 Å². The summed E-state index contributed by atoms with van der Waals surface area (Å²) in [5.41, 5.74) is 10.9. The number of rotatable bonds is 3. The van der Waals surface area contributed by atoms with Crippen LogP contribution < -0.4 is 17.0 Å². The SMILES string of the molecule is Cc1cccc(C(N)NN(C)N)c1. The topological polar surface area (TPSA) is 67.3 Å². The average Bonchev–Trinajstić information content (AvgIpc) is 2.03. The molecule has 0 bridgehead atoms. The predicted octanol–water partition coefficient (Wildman–Crippen LogP) is 0.262. The third-order valence-corrected chi connectivity index (χ3v) is 1.74. The van der Waals surface area contributed by atoms with Crippen molar-refractivity contribution in [3.8, 4) is 0 Å². The summed E-state index contributed by atoms with van der Waals surface area (Å²) in [6, 6.07) is 8.00. The number of nitrogens with two attached hydrogens (primary N) is 2. The maximum Gasteiger partial charge on any atom is 0.0954 e. The van der Waals surface area contributed by atoms with Gasteiger partial charge in [-0.25, -0.2) is 5.43 Å². The van der Waals surface area contributed by atoms with Crippen LogP contribution in [-0.4, -0.2) is 12.2 Å². The number of aryl methyl sites for hydroxylation is 1. The second kappa shape index (κ2) is 4.34. The molecule has 13 heavy (non-hydrogen) atoms. The van der Waals surface area contributed by atoms with Crippen LogP contribution in [0.3, 0.4) is 0 Å². The van der Waals surface area contributed by atoms with Crippen LogP contribution in [0.1, 0.15) is 17.3 Å². The molecule has 0 amide bonds. The first kappa shape index (κ1) is 10.1. The summed E-state index contributed by atoms with van der Waals surface area (Å²) in [6.45, 7) is 2.03. The molecule has 0 aliphatic rings. The second-order valence-electron chi connectivity index (χ2n) is 3.13. The highest BCUT2D eigenvalue weighted by molar-refractivity contribution is 5.24. The quantitative estimate of drug-likeness (QED) is 0.355. The molecule has 0 heterocycles. The van der Waals surface area contributed by atoms with E-state index in [2.05, 4.69) is 5.43 Å². The lowest BCUT2D eigenvalue weighted by Crippen LogP contribution is -2.45. The molecule has 0 spiro atoms. The van der Waals surface area contributed by atoms with Crippen molar-refractivity contribution in [3.63, 3.8) is 0 Å². The highest BCUT2D eigenvalue weighted by Crippen LogP contribution is 2.09. The predicted molar refractivity (Wildman–Crippen MR) is 53.2 cm³/mol. The minimum atomic E-state index is -0.255. The van der Waals surface area contributed by atoms with Crippen LogP contribution in [0, 0.1) is 6.92 Å². The van der Waals surface area contributed by atoms with E-state index >= 15 is 0 Å². The third-order valence-electron chi connectivity index (χ3n) is 1.74. The van der Waals surface area contributed by atoms with Crippen LogP contribution in [-0.2, 0) is 0 Å². The van der Waals surface area contributed by atoms with Gasteiger partial charge < -0.3 is 5.73 Å². The van der Waals surface area contributed by atoms with Crippen LogP contribution in [0.5, 0.6) is 0 Å². The van der Waals surface area contributed by atoms with Crippen LogP contribution in [0.15, 0.2) is 24.3 Å². The number of hydrogen-bond donors (Lipinski definition) is 3. The van der Waals surface area contributed by atoms with Gasteiger partial charge in [0.25, 0.3) is 0 Å². The second-order valence-corrected chi connectivity index (χ2v) is 3.13. The molecule has 1 aromatic carbocycles. The minimum Gasteiger partial charge on any atom is -0.311 e. The van der Waals surface area contributed by atoms with Gasteiger partial charge in [-0.1, -0.05) is 29.8 Å². The number of hydrogen-bond acceptors (Lipinski definition) is 4. The molecular formula is C9H16N4. The molecule has 0 saturated carbocycles. The monoisotopic (exact) mass is 180 g/mol. The molecule has 1 aromatic rings. The van der Waals surface area contributed by atoms with E-state index in [1.165, 1.54) is 10.7 Å². The first-order valence-electron chi connectivity index (χ1n) is 4.16. The molecule has 4 nitrogen and oxygen atoms in total. The van der Waals surface area contributed by atoms with Crippen molar-refractivity contribution in [2.45, 2.75) is 13.1 Å². The number of hydrazine groups is 2. The fourth-order valence-corrected chi connectivity index (χ4v) is 1.16. The highest BCUT2D eigenvalue weighted by atomic mass is 15.7. The van der Waals surface area contributed by atoms with Gasteiger partial charge in [0.15, 0.2) is 0 Å². The van der Waals surface area contributed by atoms with Gasteiger partial charge >= 0.3 is 0 Å². The molecule has 0 aliphatic carbocycles. The number of nitrogens with zero attached hydrogens (tertiary/aromatic N) is 1. The molecule has 0 radical (unpaired) electrons. The highest BCUT2D eigenvalue weighted by Gasteiger charge is 2.05. The van der Waals surface area contributed by atoms with E-state index < -0.39 is 0 Å². The third kappa shape index (κ3) is 3.12. The lowest BCUT2D eigenvalue weighted by atomic mass is 10.1. The van der Waals surface area contributed by atoms with Gasteiger partial charge in [-0.05, 0) is 12.5 Å². The molecule has 0 fully saturated rings. The van der Waals surface area contributed by atoms with Crippen LogP contribution in [0.2, 0.25) is 0 Å². The number of nitrogens with one attached hydrogen (secondary N) is 1. The summed E-state index contributed by atoms with van der Waals surface area (Å²) >= 11 is 0. The van der Waals surface area contributed by atoms with Gasteiger partial charge in [-0.3, -0.25) is 5.84 Å². The van der Waals surface area contributed by atoms with E-state index in [1.807, 2.05) is 31.2 Å². The van der Waals surface area contributed by atoms with E-state index in [0.717, 1.165) is 5.56 Å². The molecule has 72 valence electrons. The molecule has 1 unspecified atom stereocenters. The van der Waals surface area contributed by atoms with Crippen molar-refractivity contribution in [1.29, 1.82) is 0 Å². The first-order valence-corrected chi connectivity index (χ1v) is 4.16. The zero-order valence-corrected chi connectivity index (χ0v) is 7.99. The molecule has 0 aromatic heterocycles. The van der Waals surface area contributed by atoms with Crippen molar-refractivity contribution in [2.24, 2.45) is 11.6 Å². The van der Waals surface area contributed by atoms with Crippen LogP contribution in [0.4, 0.5) is 0 Å². The van der Waals surface area contributed by atoms with Crippen molar-refractivity contribution in [2.75, 3.05) is 7.05 Å². The summed E-state index contributed by atoms with van der Waals surface area (Å²) < 4.78 is 0. The van der Waals surface area contributed by atoms with Crippen molar-refractivity contribution in [1.82, 2.24) is 10.5 Å². The fourth-order valence-electron chi connectivity index (χ4n) is 1.16. The Bertz CT molecular complexity index is 272. The van der Waals surface area contributed by atoms with Gasteiger partial charge in [-0.15, -0.1) is 0 Å². The summed E-state index contributed by atoms with van der Waals surface area (Å²) in [4.78, 5) is 0. The maximum atomic E-state index is 5.83. The van der Waals surface area contributed by atoms with Gasteiger partial charge in [-0.2, -0.15) is 5.12 Å². The van der Waals surface area contributed by atoms with E-state index in [9.17, 15) is 0 Å². The lowest BCUT2D eigenvalue weighted by molar-refractivity contribution is 0.205. The van der Waals surface area contributed by atoms with Crippen molar-refractivity contribution >= 4 is 0 Å². The Morgan fingerprint density at radius 3 is 2.69 bits per heavy atom. The smallest absolute Gasteiger partial charge is 0.0954 e. The summed E-state index contributed by atoms with van der Waals surface area (Å²) in [7, 11) is 1.70. The van der Waals surface area contributed by atoms with E-state index in [4.69, 9.17) is 11.6 Å². The zero-order valence-electron chi connectivity index (χ0n) is 7.99. The molecular weight excluding hydrogens is 164 g/mol. The van der Waals surface area contributed by atoms with E-state index in [-0.39, 0.29) is 6.17 Å². The standard InChI is InChI=1S/C9H16N4/c1-7-4-3-5-8(6-7)9(10)12-13(2)11/h3-6,9,12H,10-11H2,1-2H3. The Balaban J connectivity index is 2.71. The zero-order chi connectivity index (χ0) is 9.84.